The second-order valence-electron chi connectivity index (χ2n) is 18.9. The maximum atomic E-state index is 13.1. The molecule has 1 aromatic carbocycles. The summed E-state index contributed by atoms with van der Waals surface area (Å²) in [6.45, 7) is 1.80. The Labute approximate surface area is 411 Å². The number of likely N-dealkylation sites (N-methyl/N-ethyl adjacent to an activating group) is 1. The topological polar surface area (TPSA) is 265 Å². The van der Waals surface area contributed by atoms with Crippen molar-refractivity contribution in [2.45, 2.75) is 160 Å². The number of nitrogens with one attached hydrogen (secondary N) is 3. The van der Waals surface area contributed by atoms with Crippen LogP contribution in [-0.2, 0) is 58.3 Å². The third-order valence-corrected chi connectivity index (χ3v) is 12.2. The van der Waals surface area contributed by atoms with Crippen LogP contribution in [0.5, 0.6) is 0 Å². The number of benzene rings is 1. The van der Waals surface area contributed by atoms with Crippen molar-refractivity contribution in [3.8, 4) is 0 Å². The van der Waals surface area contributed by atoms with E-state index in [4.69, 9.17) is 29.4 Å². The highest BCUT2D eigenvalue weighted by Gasteiger charge is 2.25. The number of phosphoric ester groups is 1. The van der Waals surface area contributed by atoms with E-state index in [9.17, 15) is 38.2 Å². The average Bonchev–Trinajstić information content (AvgIpc) is 3.29. The number of carboxylic acid groups (broad SMARTS) is 1. The number of hydrogen-bond donors (Lipinski definition) is 5. The van der Waals surface area contributed by atoms with Crippen LogP contribution in [0.4, 0.5) is 0 Å². The van der Waals surface area contributed by atoms with Crippen molar-refractivity contribution >= 4 is 43.5 Å². The summed E-state index contributed by atoms with van der Waals surface area (Å²) in [4.78, 5) is 89.0. The molecule has 0 spiro atoms. The number of aliphatic carboxylic acids is 1. The molecular weight excluding hydrogens is 912 g/mol. The number of rotatable bonds is 43. The number of amides is 3. The molecule has 3 amide bonds. The first-order valence-electron chi connectivity index (χ1n) is 25.1. The van der Waals surface area contributed by atoms with Gasteiger partial charge in [-0.2, -0.15) is 0 Å². The van der Waals surface area contributed by atoms with Crippen LogP contribution in [0.25, 0.3) is 0 Å². The van der Waals surface area contributed by atoms with E-state index in [-0.39, 0.29) is 38.9 Å². The highest BCUT2D eigenvalue weighted by molar-refractivity contribution is 7.45. The van der Waals surface area contributed by atoms with E-state index in [1.165, 1.54) is 57.8 Å². The van der Waals surface area contributed by atoms with Crippen LogP contribution in [-0.4, -0.2) is 149 Å². The van der Waals surface area contributed by atoms with Crippen molar-refractivity contribution in [3.63, 3.8) is 0 Å². The normalized spacial score (nSPS) is 13.7. The molecule has 396 valence electrons. The Morgan fingerprint density at radius 1 is 0.739 bits per heavy atom. The molecule has 0 saturated heterocycles. The fraction of sp³-hybridized carbons (Fsp3) is 0.755. The largest absolute Gasteiger partial charge is 0.756 e. The van der Waals surface area contributed by atoms with Gasteiger partial charge in [0.2, 0.25) is 17.7 Å². The summed E-state index contributed by atoms with van der Waals surface area (Å²) in [5, 5.41) is 16.1. The zero-order chi connectivity index (χ0) is 51.3. The molecule has 0 aliphatic rings. The van der Waals surface area contributed by atoms with E-state index in [2.05, 4.69) is 27.8 Å². The number of carboxylic acids is 1. The fourth-order valence-corrected chi connectivity index (χ4v) is 7.80. The predicted molar refractivity (Wildman–Crippen MR) is 262 cm³/mol. The molecule has 1 rings (SSSR count). The number of hydrogen-bond acceptors (Lipinski definition) is 14. The number of nitrogens with zero attached hydrogens (tertiary/aromatic N) is 2. The quantitative estimate of drug-likeness (QED) is 0.0255. The van der Waals surface area contributed by atoms with E-state index in [0.717, 1.165) is 24.8 Å². The standard InChI is InChI=1S/C49H87N6O13P/c1-6-7-8-9-10-11-12-13-14-15-16-17-21-29-46(59)65-38-41(39-67-69(63,64)66-34-33-55(3,4)5)68-47(60)30-23-25-32-54(2)31-24-22-28-43(49(62)52-36-44(56)51-37-45(57)58)53-48(61)42(50)35-40-26-19-18-20-27-40/h18-20,26-27,41-43H,6-17,21-25,28-39,50H2,1-5H3,(H4-,51,52,53,56,57,58,61,62,63,64)/t41-,42-,43-/m0/s1. The molecule has 69 heavy (non-hydrogen) atoms. The maximum absolute atomic E-state index is 13.1. The summed E-state index contributed by atoms with van der Waals surface area (Å²) >= 11 is 0. The van der Waals surface area contributed by atoms with Crippen LogP contribution in [0.3, 0.4) is 0 Å². The van der Waals surface area contributed by atoms with Crippen LogP contribution in [0.1, 0.15) is 141 Å². The lowest BCUT2D eigenvalue weighted by molar-refractivity contribution is -0.870. The number of unbranched alkanes of at least 4 members (excludes halogenated alkanes) is 14. The Morgan fingerprint density at radius 3 is 1.90 bits per heavy atom. The molecule has 0 aliphatic carbocycles. The number of ether oxygens (including phenoxy) is 2. The van der Waals surface area contributed by atoms with Gasteiger partial charge < -0.3 is 59.6 Å². The number of phosphoric acid groups is 1. The number of esters is 2. The molecule has 0 bridgehead atoms. The van der Waals surface area contributed by atoms with Gasteiger partial charge in [-0.1, -0.05) is 114 Å². The number of nitrogens with two attached hydrogens (primary N) is 1. The van der Waals surface area contributed by atoms with E-state index in [0.29, 0.717) is 56.2 Å². The second kappa shape index (κ2) is 37.8. The predicted octanol–water partition coefficient (Wildman–Crippen LogP) is 4.77. The maximum Gasteiger partial charge on any atom is 0.322 e. The molecule has 0 fully saturated rings. The van der Waals surface area contributed by atoms with E-state index >= 15 is 0 Å². The molecule has 19 nitrogen and oxygen atoms in total. The highest BCUT2D eigenvalue weighted by atomic mass is 31.2. The van der Waals surface area contributed by atoms with Crippen molar-refractivity contribution in [3.05, 3.63) is 35.9 Å². The minimum Gasteiger partial charge on any atom is -0.756 e. The van der Waals surface area contributed by atoms with Crippen molar-refractivity contribution < 1.29 is 66.3 Å². The lowest BCUT2D eigenvalue weighted by Gasteiger charge is -2.28. The first-order chi connectivity index (χ1) is 32.8. The van der Waals surface area contributed by atoms with Crippen LogP contribution in [0.2, 0.25) is 0 Å². The minimum absolute atomic E-state index is 0.0313. The van der Waals surface area contributed by atoms with E-state index < -0.39 is 81.3 Å². The summed E-state index contributed by atoms with van der Waals surface area (Å²) in [5.74, 6) is -4.12. The summed E-state index contributed by atoms with van der Waals surface area (Å²) < 4.78 is 34.0. The van der Waals surface area contributed by atoms with Gasteiger partial charge in [-0.15, -0.1) is 0 Å². The molecule has 0 aromatic heterocycles. The third-order valence-electron chi connectivity index (χ3n) is 11.2. The van der Waals surface area contributed by atoms with Gasteiger partial charge in [0.05, 0.1) is 40.3 Å². The zero-order valence-corrected chi connectivity index (χ0v) is 43.3. The number of carbonyl (C=O) groups is 6. The SMILES string of the molecule is CCCCCCCCCCCCCCCC(=O)OC[C@@H](COP(=O)([O-])OCC[N+](C)(C)C)OC(=O)CCCCN(C)CCCC[C@H](NC(=O)[C@@H](N)Cc1ccccc1)C(=O)NCC(=O)NCC(=O)O. The van der Waals surface area contributed by atoms with Crippen molar-refractivity contribution in [1.29, 1.82) is 0 Å². The van der Waals surface area contributed by atoms with Crippen LogP contribution in [0.15, 0.2) is 30.3 Å². The van der Waals surface area contributed by atoms with Gasteiger partial charge >= 0.3 is 17.9 Å². The van der Waals surface area contributed by atoms with E-state index in [1.54, 1.807) is 0 Å². The Kier molecular flexibility index (Phi) is 34.5. The molecular formula is C49H87N6O13P. The van der Waals surface area contributed by atoms with Crippen LogP contribution < -0.4 is 26.6 Å². The first-order valence-corrected chi connectivity index (χ1v) is 26.6. The average molecular weight is 999 g/mol. The first kappa shape index (κ1) is 63.0. The smallest absolute Gasteiger partial charge is 0.322 e. The molecule has 0 radical (unpaired) electrons. The Hall–Kier alpha value is -3.97. The second-order valence-corrected chi connectivity index (χ2v) is 20.3. The van der Waals surface area contributed by atoms with Gasteiger partial charge in [0.25, 0.3) is 7.82 Å². The number of quaternary nitrogens is 1. The summed E-state index contributed by atoms with van der Waals surface area (Å²) in [5.41, 5.74) is 7.01. The summed E-state index contributed by atoms with van der Waals surface area (Å²) in [6, 6.07) is 7.27. The number of carbonyl (C=O) groups excluding carboxylic acids is 5. The third kappa shape index (κ3) is 36.6. The minimum atomic E-state index is -4.73. The molecule has 0 heterocycles. The van der Waals surface area contributed by atoms with Gasteiger partial charge in [-0.05, 0) is 70.6 Å². The lowest BCUT2D eigenvalue weighted by atomic mass is 10.0. The zero-order valence-electron chi connectivity index (χ0n) is 42.4. The van der Waals surface area contributed by atoms with Crippen LogP contribution in [0, 0.1) is 0 Å². The van der Waals surface area contributed by atoms with Crippen molar-refractivity contribution in [1.82, 2.24) is 20.9 Å². The summed E-state index contributed by atoms with van der Waals surface area (Å²) in [7, 11) is 2.84. The van der Waals surface area contributed by atoms with E-state index in [1.807, 2.05) is 58.5 Å². The van der Waals surface area contributed by atoms with Crippen molar-refractivity contribution in [2.75, 3.05) is 80.7 Å². The molecule has 0 saturated carbocycles. The molecule has 6 N–H and O–H groups in total. The Morgan fingerprint density at radius 2 is 1.30 bits per heavy atom. The molecule has 1 unspecified atom stereocenters. The van der Waals surface area contributed by atoms with Gasteiger partial charge in [0.15, 0.2) is 6.10 Å². The Balaban J connectivity index is 2.59. The van der Waals surface area contributed by atoms with Crippen molar-refractivity contribution in [2.24, 2.45) is 5.73 Å². The summed E-state index contributed by atoms with van der Waals surface area (Å²) in [6.07, 6.45) is 17.1. The molecule has 4 atom stereocenters. The van der Waals surface area contributed by atoms with Gasteiger partial charge in [0.1, 0.15) is 32.3 Å². The van der Waals surface area contributed by atoms with Gasteiger partial charge in [-0.3, -0.25) is 33.3 Å². The van der Waals surface area contributed by atoms with Gasteiger partial charge in [-0.25, -0.2) is 0 Å². The van der Waals surface area contributed by atoms with Gasteiger partial charge in [0, 0.05) is 12.8 Å². The highest BCUT2D eigenvalue weighted by Crippen LogP contribution is 2.38. The molecule has 0 aliphatic heterocycles. The molecule has 1 aromatic rings. The Bertz CT molecular complexity index is 1650. The van der Waals surface area contributed by atoms with Crippen LogP contribution >= 0.6 is 7.82 Å². The fourth-order valence-electron chi connectivity index (χ4n) is 7.07. The lowest BCUT2D eigenvalue weighted by Crippen LogP contribution is -2.53. The monoisotopic (exact) mass is 999 g/mol. The molecule has 20 heteroatoms.